The zero-order chi connectivity index (χ0) is 9.73. The third-order valence-corrected chi connectivity index (χ3v) is 2.98. The molecule has 0 aromatic carbocycles. The summed E-state index contributed by atoms with van der Waals surface area (Å²) in [4.78, 5) is 11.0. The van der Waals surface area contributed by atoms with Crippen LogP contribution in [0, 0.1) is 0 Å². The molecule has 0 atom stereocenters. The topological polar surface area (TPSA) is 26.3 Å². The van der Waals surface area contributed by atoms with E-state index in [1.165, 1.54) is 39.5 Å². The lowest BCUT2D eigenvalue weighted by Crippen LogP contribution is -2.48. The van der Waals surface area contributed by atoms with Gasteiger partial charge in [-0.05, 0) is 19.3 Å². The molecule has 1 aliphatic rings. The van der Waals surface area contributed by atoms with Gasteiger partial charge in [-0.2, -0.15) is 0 Å². The maximum absolute atomic E-state index is 11.0. The predicted octanol–water partition coefficient (Wildman–Crippen LogP) is 1.82. The van der Waals surface area contributed by atoms with Crippen molar-refractivity contribution in [1.29, 1.82) is 0 Å². The Kier molecular flexibility index (Phi) is 5.77. The lowest BCUT2D eigenvalue weighted by Gasteiger charge is -2.37. The second-order valence-corrected chi connectivity index (χ2v) is 4.18. The van der Waals surface area contributed by atoms with E-state index in [1.54, 1.807) is 0 Å². The van der Waals surface area contributed by atoms with Crippen LogP contribution in [0.25, 0.3) is 0 Å². The number of carbonyl (C=O) groups excluding carboxylic acids is 1. The molecule has 0 aliphatic carbocycles. The highest BCUT2D eigenvalue weighted by Crippen LogP contribution is 2.16. The monoisotopic (exact) mass is 202 g/mol. The fraction of sp³-hybridized carbons (Fsp3) is 0.909. The molecule has 14 heavy (non-hydrogen) atoms. The first-order valence-corrected chi connectivity index (χ1v) is 5.07. The van der Waals surface area contributed by atoms with Crippen LogP contribution in [-0.2, 0) is 9.53 Å². The average molecular weight is 202 g/mol. The molecule has 1 fully saturated rings. The lowest BCUT2D eigenvalue weighted by molar-refractivity contribution is -0.913. The standard InChI is InChI=1S/C10H20NO2.CH4/c1-11(7-4-3-5-8-11)9-6-10(12)13-2;/h3-9H2,1-2H3;1H4/q+1;. The summed E-state index contributed by atoms with van der Waals surface area (Å²) in [6.07, 6.45) is 4.52. The molecule has 1 rings (SSSR count). The molecule has 84 valence electrons. The van der Waals surface area contributed by atoms with Gasteiger partial charge in [0, 0.05) is 0 Å². The van der Waals surface area contributed by atoms with Crippen molar-refractivity contribution in [1.82, 2.24) is 0 Å². The number of carbonyl (C=O) groups is 1. The molecule has 1 aliphatic heterocycles. The minimum Gasteiger partial charge on any atom is -0.469 e. The third kappa shape index (κ3) is 4.09. The van der Waals surface area contributed by atoms with Crippen molar-refractivity contribution in [3.8, 4) is 0 Å². The minimum atomic E-state index is -0.0788. The van der Waals surface area contributed by atoms with Gasteiger partial charge in [0.25, 0.3) is 0 Å². The number of ether oxygens (including phenoxy) is 1. The Morgan fingerprint density at radius 3 is 2.36 bits per heavy atom. The zero-order valence-electron chi connectivity index (χ0n) is 8.71. The Balaban J connectivity index is 0.00000169. The summed E-state index contributed by atoms with van der Waals surface area (Å²) in [6, 6.07) is 0. The van der Waals surface area contributed by atoms with E-state index in [0.29, 0.717) is 6.42 Å². The van der Waals surface area contributed by atoms with Crippen LogP contribution in [0.2, 0.25) is 0 Å². The van der Waals surface area contributed by atoms with Gasteiger partial charge in [0.2, 0.25) is 0 Å². The normalized spacial score (nSPS) is 19.6. The number of hydrogen-bond acceptors (Lipinski definition) is 2. The van der Waals surface area contributed by atoms with Crippen LogP contribution in [0.15, 0.2) is 0 Å². The Morgan fingerprint density at radius 1 is 1.29 bits per heavy atom. The maximum atomic E-state index is 11.0. The molecule has 0 N–H and O–H groups in total. The van der Waals surface area contributed by atoms with Crippen LogP contribution < -0.4 is 0 Å². The average Bonchev–Trinajstić information content (AvgIpc) is 2.15. The second kappa shape index (κ2) is 6.02. The van der Waals surface area contributed by atoms with E-state index in [4.69, 9.17) is 0 Å². The first-order chi connectivity index (χ1) is 6.16. The molecular weight excluding hydrogens is 178 g/mol. The van der Waals surface area contributed by atoms with Crippen LogP contribution in [0.3, 0.4) is 0 Å². The van der Waals surface area contributed by atoms with Crippen molar-refractivity contribution in [3.05, 3.63) is 0 Å². The summed E-state index contributed by atoms with van der Waals surface area (Å²) < 4.78 is 5.69. The summed E-state index contributed by atoms with van der Waals surface area (Å²) in [6.45, 7) is 3.38. The quantitative estimate of drug-likeness (QED) is 0.515. The fourth-order valence-electron chi connectivity index (χ4n) is 1.96. The van der Waals surface area contributed by atoms with Crippen molar-refractivity contribution < 1.29 is 14.0 Å². The number of piperidine rings is 1. The van der Waals surface area contributed by atoms with Crippen molar-refractivity contribution in [3.63, 3.8) is 0 Å². The van der Waals surface area contributed by atoms with Crippen molar-refractivity contribution >= 4 is 5.97 Å². The molecule has 3 nitrogen and oxygen atoms in total. The third-order valence-electron chi connectivity index (χ3n) is 2.98. The largest absolute Gasteiger partial charge is 0.469 e. The van der Waals surface area contributed by atoms with Gasteiger partial charge in [0.1, 0.15) is 0 Å². The van der Waals surface area contributed by atoms with Gasteiger partial charge in [-0.25, -0.2) is 0 Å². The first kappa shape index (κ1) is 13.4. The molecule has 0 saturated carbocycles. The van der Waals surface area contributed by atoms with Gasteiger partial charge in [0.15, 0.2) is 0 Å². The first-order valence-electron chi connectivity index (χ1n) is 5.07. The van der Waals surface area contributed by atoms with Crippen LogP contribution >= 0.6 is 0 Å². The SMILES string of the molecule is C.COC(=O)CC[N+]1(C)CCCCC1. The molecule has 0 aromatic rings. The Labute approximate surface area is 87.6 Å². The number of methoxy groups -OCH3 is 1. The molecule has 1 saturated heterocycles. The maximum Gasteiger partial charge on any atom is 0.311 e. The minimum absolute atomic E-state index is 0. The Morgan fingerprint density at radius 2 is 1.86 bits per heavy atom. The molecule has 1 heterocycles. The van der Waals surface area contributed by atoms with Crippen LogP contribution in [-0.4, -0.2) is 44.2 Å². The Hall–Kier alpha value is -0.570. The highest BCUT2D eigenvalue weighted by Gasteiger charge is 2.25. The van der Waals surface area contributed by atoms with E-state index in [1.807, 2.05) is 0 Å². The second-order valence-electron chi connectivity index (χ2n) is 4.18. The van der Waals surface area contributed by atoms with Crippen molar-refractivity contribution in [2.75, 3.05) is 33.8 Å². The predicted molar refractivity (Wildman–Crippen MR) is 58.0 cm³/mol. The number of likely N-dealkylation sites (tertiary alicyclic amines) is 1. The van der Waals surface area contributed by atoms with Crippen LogP contribution in [0.5, 0.6) is 0 Å². The van der Waals surface area contributed by atoms with E-state index in [-0.39, 0.29) is 13.4 Å². The van der Waals surface area contributed by atoms with E-state index in [0.717, 1.165) is 11.0 Å². The molecule has 3 heteroatoms. The number of hydrogen-bond donors (Lipinski definition) is 0. The molecular formula is C11H24NO2+. The van der Waals surface area contributed by atoms with E-state index in [2.05, 4.69) is 11.8 Å². The molecule has 0 aromatic heterocycles. The summed E-state index contributed by atoms with van der Waals surface area (Å²) in [5.74, 6) is -0.0788. The summed E-state index contributed by atoms with van der Waals surface area (Å²) in [5.41, 5.74) is 0. The number of quaternary nitrogens is 1. The van der Waals surface area contributed by atoms with Gasteiger partial charge in [-0.15, -0.1) is 0 Å². The number of esters is 1. The van der Waals surface area contributed by atoms with Gasteiger partial charge in [-0.1, -0.05) is 7.43 Å². The van der Waals surface area contributed by atoms with E-state index >= 15 is 0 Å². The summed E-state index contributed by atoms with van der Waals surface area (Å²) in [7, 11) is 3.70. The molecule has 0 unspecified atom stereocenters. The molecule has 0 spiro atoms. The van der Waals surface area contributed by atoms with Gasteiger partial charge in [0.05, 0.1) is 40.2 Å². The van der Waals surface area contributed by atoms with E-state index < -0.39 is 0 Å². The zero-order valence-corrected chi connectivity index (χ0v) is 8.71. The highest BCUT2D eigenvalue weighted by molar-refractivity contribution is 5.69. The fourth-order valence-corrected chi connectivity index (χ4v) is 1.96. The number of rotatable bonds is 3. The number of nitrogens with zero attached hydrogens (tertiary/aromatic N) is 1. The lowest BCUT2D eigenvalue weighted by atomic mass is 10.1. The van der Waals surface area contributed by atoms with Gasteiger partial charge < -0.3 is 9.22 Å². The molecule has 0 bridgehead atoms. The van der Waals surface area contributed by atoms with Gasteiger partial charge in [-0.3, -0.25) is 4.79 Å². The summed E-state index contributed by atoms with van der Waals surface area (Å²) >= 11 is 0. The molecule has 0 amide bonds. The Bertz CT molecular complexity index is 174. The van der Waals surface area contributed by atoms with Gasteiger partial charge >= 0.3 is 5.97 Å². The molecule has 0 radical (unpaired) electrons. The van der Waals surface area contributed by atoms with Crippen LogP contribution in [0.4, 0.5) is 0 Å². The highest BCUT2D eigenvalue weighted by atomic mass is 16.5. The van der Waals surface area contributed by atoms with Crippen molar-refractivity contribution in [2.24, 2.45) is 0 Å². The smallest absolute Gasteiger partial charge is 0.311 e. The van der Waals surface area contributed by atoms with Crippen LogP contribution in [0.1, 0.15) is 33.1 Å². The van der Waals surface area contributed by atoms with E-state index in [9.17, 15) is 4.79 Å². The summed E-state index contributed by atoms with van der Waals surface area (Å²) in [5, 5.41) is 0. The van der Waals surface area contributed by atoms with Crippen molar-refractivity contribution in [2.45, 2.75) is 33.1 Å².